The number of rotatable bonds is 9. The van der Waals surface area contributed by atoms with Crippen molar-refractivity contribution in [3.63, 3.8) is 0 Å². The van der Waals surface area contributed by atoms with Gasteiger partial charge in [-0.2, -0.15) is 5.26 Å². The van der Waals surface area contributed by atoms with E-state index in [4.69, 9.17) is 18.9 Å². The third-order valence-electron chi connectivity index (χ3n) is 6.62. The fraction of sp³-hybridized carbons (Fsp3) is 0.303. The monoisotopic (exact) mass is 581 g/mol. The third kappa shape index (κ3) is 8.13. The molecule has 3 aromatic carbocycles. The third-order valence-corrected chi connectivity index (χ3v) is 6.62. The number of fused-ring (bicyclic) bond motifs is 1. The van der Waals surface area contributed by atoms with Crippen molar-refractivity contribution in [2.45, 2.75) is 26.4 Å². The summed E-state index contributed by atoms with van der Waals surface area (Å²) in [4.78, 5) is 19.1. The van der Waals surface area contributed by atoms with Crippen LogP contribution in [0, 0.1) is 11.3 Å². The highest BCUT2D eigenvalue weighted by Gasteiger charge is 2.18. The van der Waals surface area contributed by atoms with Crippen LogP contribution in [0.4, 0.5) is 22.0 Å². The summed E-state index contributed by atoms with van der Waals surface area (Å²) >= 11 is 0. The molecular formula is C33H35N5O5. The molecule has 0 saturated carbocycles. The summed E-state index contributed by atoms with van der Waals surface area (Å²) in [5, 5.41) is 17.4. The fourth-order valence-corrected chi connectivity index (χ4v) is 4.63. The van der Waals surface area contributed by atoms with Crippen molar-refractivity contribution in [1.82, 2.24) is 9.88 Å². The summed E-state index contributed by atoms with van der Waals surface area (Å²) in [5.74, 6) is 2.28. The van der Waals surface area contributed by atoms with E-state index < -0.39 is 11.7 Å². The Hall–Kier alpha value is -4.85. The number of carbonyl (C=O) groups is 1. The van der Waals surface area contributed by atoms with E-state index >= 15 is 0 Å². The van der Waals surface area contributed by atoms with Gasteiger partial charge in [0.1, 0.15) is 41.3 Å². The van der Waals surface area contributed by atoms with Gasteiger partial charge in [0.15, 0.2) is 0 Å². The average molecular weight is 582 g/mol. The lowest BCUT2D eigenvalue weighted by Crippen LogP contribution is -2.38. The molecule has 1 aromatic heterocycles. The summed E-state index contributed by atoms with van der Waals surface area (Å²) in [6, 6.07) is 22.4. The molecule has 1 amide bonds. The van der Waals surface area contributed by atoms with Gasteiger partial charge in [0.25, 0.3) is 0 Å². The number of benzene rings is 3. The number of aromatic nitrogens is 1. The van der Waals surface area contributed by atoms with Crippen molar-refractivity contribution in [2.24, 2.45) is 0 Å². The first-order valence-electron chi connectivity index (χ1n) is 14.2. The molecule has 2 N–H and O–H groups in total. The van der Waals surface area contributed by atoms with Crippen LogP contribution < -0.4 is 20.1 Å². The van der Waals surface area contributed by atoms with Crippen LogP contribution >= 0.6 is 0 Å². The van der Waals surface area contributed by atoms with Crippen LogP contribution in [0.15, 0.2) is 72.9 Å². The highest BCUT2D eigenvalue weighted by Crippen LogP contribution is 2.35. The molecule has 0 aliphatic carbocycles. The number of carbonyl (C=O) groups excluding carboxylic acids is 1. The Morgan fingerprint density at radius 2 is 1.79 bits per heavy atom. The zero-order valence-corrected chi connectivity index (χ0v) is 24.6. The Bertz CT molecular complexity index is 1620. The molecular weight excluding hydrogens is 546 g/mol. The number of anilines is 3. The topological polar surface area (TPSA) is 118 Å². The number of nitriles is 1. The maximum atomic E-state index is 12.4. The molecule has 43 heavy (non-hydrogen) atoms. The molecule has 0 spiro atoms. The van der Waals surface area contributed by atoms with Crippen LogP contribution in [0.25, 0.3) is 10.8 Å². The molecule has 10 heteroatoms. The second-order valence-electron chi connectivity index (χ2n) is 11.0. The average Bonchev–Trinajstić information content (AvgIpc) is 2.99. The van der Waals surface area contributed by atoms with Gasteiger partial charge in [-0.05, 0) is 57.2 Å². The van der Waals surface area contributed by atoms with E-state index in [0.29, 0.717) is 46.6 Å². The fourth-order valence-electron chi connectivity index (χ4n) is 4.63. The lowest BCUT2D eigenvalue weighted by molar-refractivity contribution is 0.0322. The largest absolute Gasteiger partial charge is 0.491 e. The number of nitrogens with one attached hydrogen (secondary N) is 2. The second kappa shape index (κ2) is 13.4. The van der Waals surface area contributed by atoms with Gasteiger partial charge in [-0.1, -0.05) is 24.3 Å². The van der Waals surface area contributed by atoms with E-state index in [-0.39, 0.29) is 0 Å². The smallest absolute Gasteiger partial charge is 0.412 e. The molecule has 1 fully saturated rings. The normalized spacial score (nSPS) is 13.6. The van der Waals surface area contributed by atoms with Crippen molar-refractivity contribution in [2.75, 3.05) is 50.1 Å². The van der Waals surface area contributed by atoms with Gasteiger partial charge < -0.3 is 24.3 Å². The Kier molecular flexibility index (Phi) is 9.25. The molecule has 10 nitrogen and oxygen atoms in total. The lowest BCUT2D eigenvalue weighted by atomic mass is 10.1. The number of nitrogens with zero attached hydrogens (tertiary/aromatic N) is 3. The minimum atomic E-state index is -0.606. The van der Waals surface area contributed by atoms with E-state index in [2.05, 4.69) is 26.6 Å². The minimum Gasteiger partial charge on any atom is -0.491 e. The van der Waals surface area contributed by atoms with E-state index in [9.17, 15) is 10.1 Å². The number of hydrogen-bond donors (Lipinski definition) is 2. The van der Waals surface area contributed by atoms with Crippen LogP contribution in [0.2, 0.25) is 0 Å². The van der Waals surface area contributed by atoms with E-state index in [1.165, 1.54) is 0 Å². The van der Waals surface area contributed by atoms with Gasteiger partial charge in [-0.15, -0.1) is 0 Å². The van der Waals surface area contributed by atoms with E-state index in [0.717, 1.165) is 43.6 Å². The van der Waals surface area contributed by atoms with E-state index in [1.54, 1.807) is 42.6 Å². The summed E-state index contributed by atoms with van der Waals surface area (Å²) in [6.07, 6.45) is 1.12. The number of amides is 1. The predicted molar refractivity (Wildman–Crippen MR) is 165 cm³/mol. The maximum Gasteiger partial charge on any atom is 0.412 e. The SMILES string of the molecule is CC(C)(C)OC(=O)Nc1ccc(Oc2ccnc(Nc3ccc(OCCN4CCOCC4)c(C#N)c3)c2)c2ccccc12. The molecule has 222 valence electrons. The van der Waals surface area contributed by atoms with Crippen LogP contribution in [0.1, 0.15) is 26.3 Å². The lowest BCUT2D eigenvalue weighted by Gasteiger charge is -2.26. The zero-order valence-electron chi connectivity index (χ0n) is 24.6. The molecule has 1 aliphatic heterocycles. The van der Waals surface area contributed by atoms with Crippen LogP contribution in [0.5, 0.6) is 17.2 Å². The summed E-state index contributed by atoms with van der Waals surface area (Å²) < 4.78 is 23.0. The summed E-state index contributed by atoms with van der Waals surface area (Å²) in [7, 11) is 0. The molecule has 1 saturated heterocycles. The Morgan fingerprint density at radius 3 is 2.56 bits per heavy atom. The Balaban J connectivity index is 1.26. The Labute approximate surface area is 251 Å². The van der Waals surface area contributed by atoms with Crippen LogP contribution in [-0.2, 0) is 9.47 Å². The molecule has 0 radical (unpaired) electrons. The first-order chi connectivity index (χ1) is 20.8. The predicted octanol–water partition coefficient (Wildman–Crippen LogP) is 6.70. The van der Waals surface area contributed by atoms with Crippen molar-refractivity contribution in [3.8, 4) is 23.3 Å². The maximum absolute atomic E-state index is 12.4. The molecule has 1 aliphatic rings. The number of morpholine rings is 1. The highest BCUT2D eigenvalue weighted by atomic mass is 16.6. The van der Waals surface area contributed by atoms with Crippen molar-refractivity contribution in [1.29, 1.82) is 5.26 Å². The highest BCUT2D eigenvalue weighted by molar-refractivity contribution is 6.02. The molecule has 0 atom stereocenters. The van der Waals surface area contributed by atoms with Gasteiger partial charge in [-0.25, -0.2) is 9.78 Å². The van der Waals surface area contributed by atoms with Gasteiger partial charge in [0, 0.05) is 48.4 Å². The zero-order chi connectivity index (χ0) is 30.2. The molecule has 5 rings (SSSR count). The molecule has 0 bridgehead atoms. The number of hydrogen-bond acceptors (Lipinski definition) is 9. The van der Waals surface area contributed by atoms with Crippen molar-refractivity contribution in [3.05, 3.63) is 78.5 Å². The van der Waals surface area contributed by atoms with Gasteiger partial charge in [0.2, 0.25) is 0 Å². The number of ether oxygens (including phenoxy) is 4. The van der Waals surface area contributed by atoms with Crippen LogP contribution in [0.3, 0.4) is 0 Å². The van der Waals surface area contributed by atoms with Gasteiger partial charge in [0.05, 0.1) is 24.5 Å². The summed E-state index contributed by atoms with van der Waals surface area (Å²) in [5.41, 5.74) is 1.15. The van der Waals surface area contributed by atoms with Crippen molar-refractivity contribution >= 4 is 34.1 Å². The number of pyridine rings is 1. The van der Waals surface area contributed by atoms with Gasteiger partial charge in [-0.3, -0.25) is 10.2 Å². The standard InChI is InChI=1S/C33H35N5O5/c1-33(2,3)43-32(39)37-28-9-11-30(27-7-5-4-6-26(27)28)42-25-12-13-35-31(21-25)36-24-8-10-29(23(20-24)22-34)41-19-16-38-14-17-40-18-15-38/h4-13,20-21H,14-19H2,1-3H3,(H,35,36)(H,37,39). The Morgan fingerprint density at radius 1 is 1.02 bits per heavy atom. The first-order valence-corrected chi connectivity index (χ1v) is 14.2. The molecule has 4 aromatic rings. The second-order valence-corrected chi connectivity index (χ2v) is 11.0. The van der Waals surface area contributed by atoms with Crippen LogP contribution in [-0.4, -0.2) is 61.0 Å². The van der Waals surface area contributed by atoms with E-state index in [1.807, 2.05) is 51.1 Å². The van der Waals surface area contributed by atoms with Crippen molar-refractivity contribution < 1.29 is 23.7 Å². The first kappa shape index (κ1) is 29.6. The molecule has 0 unspecified atom stereocenters. The molecule has 2 heterocycles. The summed E-state index contributed by atoms with van der Waals surface area (Å²) in [6.45, 7) is 9.99. The minimum absolute atomic E-state index is 0.436. The quantitative estimate of drug-likeness (QED) is 0.223. The van der Waals surface area contributed by atoms with Gasteiger partial charge >= 0.3 is 6.09 Å².